The number of nitrogen functional groups attached to an aromatic ring is 1. The maximum absolute atomic E-state index is 12.3. The van der Waals surface area contributed by atoms with Crippen LogP contribution in [0.4, 0.5) is 5.82 Å². The van der Waals surface area contributed by atoms with E-state index in [1.165, 1.54) is 17.7 Å². The maximum atomic E-state index is 12.3. The molecule has 8 heteroatoms. The van der Waals surface area contributed by atoms with Crippen molar-refractivity contribution in [2.75, 3.05) is 12.8 Å². The molecule has 1 amide bonds. The van der Waals surface area contributed by atoms with Crippen molar-refractivity contribution in [3.05, 3.63) is 46.6 Å². The summed E-state index contributed by atoms with van der Waals surface area (Å²) < 4.78 is 5.09. The van der Waals surface area contributed by atoms with Crippen molar-refractivity contribution in [1.82, 2.24) is 15.4 Å². The van der Waals surface area contributed by atoms with Gasteiger partial charge in [-0.2, -0.15) is 5.10 Å². The number of ether oxygens (including phenoxy) is 1. The van der Waals surface area contributed by atoms with Crippen LogP contribution in [0, 0.1) is 6.92 Å². The summed E-state index contributed by atoms with van der Waals surface area (Å²) in [5, 5.41) is 4.70. The zero-order chi connectivity index (χ0) is 17.1. The molecule has 0 aliphatic carbocycles. The number of aromatic nitrogens is 2. The molecule has 2 aromatic heterocycles. The van der Waals surface area contributed by atoms with Gasteiger partial charge in [-0.3, -0.25) is 4.79 Å². The third kappa shape index (κ3) is 3.04. The summed E-state index contributed by atoms with van der Waals surface area (Å²) in [6, 6.07) is 7.33. The van der Waals surface area contributed by atoms with Gasteiger partial charge in [-0.15, -0.1) is 11.3 Å². The second-order valence-electron chi connectivity index (χ2n) is 4.97. The first-order valence-electron chi connectivity index (χ1n) is 7.07. The van der Waals surface area contributed by atoms with E-state index in [9.17, 15) is 4.79 Å². The predicted molar refractivity (Wildman–Crippen MR) is 94.6 cm³/mol. The molecule has 0 fully saturated rings. The Bertz CT molecular complexity index is 918. The van der Waals surface area contributed by atoms with Crippen molar-refractivity contribution in [2.24, 2.45) is 5.10 Å². The largest absolute Gasteiger partial charge is 0.497 e. The summed E-state index contributed by atoms with van der Waals surface area (Å²) in [6.07, 6.45) is 2.95. The monoisotopic (exact) mass is 341 g/mol. The van der Waals surface area contributed by atoms with E-state index in [-0.39, 0.29) is 5.91 Å². The summed E-state index contributed by atoms with van der Waals surface area (Å²) in [6.45, 7) is 1.82. The van der Waals surface area contributed by atoms with Crippen LogP contribution < -0.4 is 15.9 Å². The Morgan fingerprint density at radius 1 is 1.33 bits per heavy atom. The average molecular weight is 341 g/mol. The maximum Gasteiger partial charge on any atom is 0.281 e. The molecule has 0 saturated carbocycles. The number of rotatable bonds is 4. The first kappa shape index (κ1) is 15.9. The van der Waals surface area contributed by atoms with E-state index in [4.69, 9.17) is 10.5 Å². The van der Waals surface area contributed by atoms with Crippen LogP contribution in [-0.4, -0.2) is 29.2 Å². The van der Waals surface area contributed by atoms with Crippen molar-refractivity contribution < 1.29 is 9.53 Å². The number of anilines is 1. The minimum Gasteiger partial charge on any atom is -0.497 e. The van der Waals surface area contributed by atoms with Gasteiger partial charge >= 0.3 is 0 Å². The van der Waals surface area contributed by atoms with E-state index >= 15 is 0 Å². The molecule has 0 aliphatic rings. The molecule has 0 unspecified atom stereocenters. The zero-order valence-electron chi connectivity index (χ0n) is 13.1. The highest BCUT2D eigenvalue weighted by Gasteiger charge is 2.17. The third-order valence-electron chi connectivity index (χ3n) is 3.46. The minimum atomic E-state index is -0.306. The number of amides is 1. The molecular formula is C16H15N5O2S. The summed E-state index contributed by atoms with van der Waals surface area (Å²) in [5.41, 5.74) is 9.97. The first-order valence-corrected chi connectivity index (χ1v) is 7.89. The summed E-state index contributed by atoms with van der Waals surface area (Å²) in [7, 11) is 1.60. The predicted octanol–water partition coefficient (Wildman–Crippen LogP) is 2.35. The van der Waals surface area contributed by atoms with Crippen LogP contribution in [0.5, 0.6) is 5.75 Å². The van der Waals surface area contributed by atoms with Gasteiger partial charge in [-0.1, -0.05) is 0 Å². The second kappa shape index (κ2) is 6.63. The number of methoxy groups -OCH3 is 1. The van der Waals surface area contributed by atoms with Crippen molar-refractivity contribution in [2.45, 2.75) is 6.92 Å². The van der Waals surface area contributed by atoms with E-state index in [0.29, 0.717) is 20.9 Å². The molecule has 0 spiro atoms. The van der Waals surface area contributed by atoms with Gasteiger partial charge in [-0.05, 0) is 42.3 Å². The Labute approximate surface area is 142 Å². The summed E-state index contributed by atoms with van der Waals surface area (Å²) in [5.74, 6) is 0.824. The molecule has 0 radical (unpaired) electrons. The first-order chi connectivity index (χ1) is 11.6. The van der Waals surface area contributed by atoms with Crippen LogP contribution in [0.15, 0.2) is 35.7 Å². The Morgan fingerprint density at radius 2 is 2.08 bits per heavy atom. The summed E-state index contributed by atoms with van der Waals surface area (Å²) >= 11 is 1.26. The Balaban J connectivity index is 1.76. The van der Waals surface area contributed by atoms with Crippen LogP contribution in [0.2, 0.25) is 0 Å². The van der Waals surface area contributed by atoms with E-state index in [1.807, 2.05) is 31.2 Å². The van der Waals surface area contributed by atoms with E-state index in [1.54, 1.807) is 13.3 Å². The lowest BCUT2D eigenvalue weighted by Gasteiger charge is -2.00. The van der Waals surface area contributed by atoms with Gasteiger partial charge < -0.3 is 10.5 Å². The molecule has 3 N–H and O–H groups in total. The lowest BCUT2D eigenvalue weighted by atomic mass is 10.2. The molecule has 1 aromatic carbocycles. The van der Waals surface area contributed by atoms with Gasteiger partial charge in [0.05, 0.1) is 23.6 Å². The van der Waals surface area contributed by atoms with Crippen LogP contribution in [0.3, 0.4) is 0 Å². The van der Waals surface area contributed by atoms with Crippen molar-refractivity contribution in [3.8, 4) is 5.75 Å². The zero-order valence-corrected chi connectivity index (χ0v) is 13.9. The lowest BCUT2D eigenvalue weighted by Crippen LogP contribution is -2.17. The Kier molecular flexibility index (Phi) is 4.39. The molecule has 7 nitrogen and oxygen atoms in total. The molecule has 3 rings (SSSR count). The quantitative estimate of drug-likeness (QED) is 0.560. The number of nitrogens with one attached hydrogen (secondary N) is 1. The molecule has 0 atom stereocenters. The summed E-state index contributed by atoms with van der Waals surface area (Å²) in [4.78, 5) is 21.6. The fourth-order valence-electron chi connectivity index (χ4n) is 2.22. The average Bonchev–Trinajstić information content (AvgIpc) is 2.93. The number of aryl methyl sites for hydroxylation is 1. The van der Waals surface area contributed by atoms with E-state index < -0.39 is 0 Å². The number of fused-ring (bicyclic) bond motifs is 1. The van der Waals surface area contributed by atoms with Crippen LogP contribution >= 0.6 is 11.3 Å². The normalized spacial score (nSPS) is 11.1. The molecule has 0 bridgehead atoms. The number of carbonyl (C=O) groups is 1. The van der Waals surface area contributed by atoms with Gasteiger partial charge in [-0.25, -0.2) is 15.4 Å². The number of carbonyl (C=O) groups excluding carboxylic acids is 1. The van der Waals surface area contributed by atoms with Gasteiger partial charge in [0.15, 0.2) is 0 Å². The van der Waals surface area contributed by atoms with Crippen LogP contribution in [-0.2, 0) is 0 Å². The van der Waals surface area contributed by atoms with Crippen LogP contribution in [0.1, 0.15) is 20.8 Å². The molecule has 3 aromatic rings. The lowest BCUT2D eigenvalue weighted by molar-refractivity contribution is 0.0958. The molecule has 0 saturated heterocycles. The molecule has 24 heavy (non-hydrogen) atoms. The number of hydrogen-bond donors (Lipinski definition) is 2. The van der Waals surface area contributed by atoms with Crippen molar-refractivity contribution >= 4 is 39.5 Å². The van der Waals surface area contributed by atoms with Crippen LogP contribution in [0.25, 0.3) is 10.2 Å². The van der Waals surface area contributed by atoms with Crippen molar-refractivity contribution in [1.29, 1.82) is 0 Å². The van der Waals surface area contributed by atoms with Gasteiger partial charge in [0, 0.05) is 0 Å². The number of thiophene rings is 1. The van der Waals surface area contributed by atoms with E-state index in [0.717, 1.165) is 16.9 Å². The van der Waals surface area contributed by atoms with Gasteiger partial charge in [0.2, 0.25) is 0 Å². The fourth-order valence-corrected chi connectivity index (χ4v) is 3.27. The topological polar surface area (TPSA) is 102 Å². The third-order valence-corrected chi connectivity index (χ3v) is 4.66. The Morgan fingerprint density at radius 3 is 2.75 bits per heavy atom. The highest BCUT2D eigenvalue weighted by atomic mass is 32.1. The second-order valence-corrected chi connectivity index (χ2v) is 5.97. The van der Waals surface area contributed by atoms with E-state index in [2.05, 4.69) is 20.5 Å². The highest BCUT2D eigenvalue weighted by Crippen LogP contribution is 2.31. The number of hydrogen-bond acceptors (Lipinski definition) is 7. The highest BCUT2D eigenvalue weighted by molar-refractivity contribution is 7.20. The minimum absolute atomic E-state index is 0.306. The SMILES string of the molecule is COc1ccc(C=NNC(=O)c2sc3ncnc(N)c3c2C)cc1. The number of benzene rings is 1. The number of hydrazone groups is 1. The standard InChI is InChI=1S/C16H15N5O2S/c1-9-12-14(17)18-8-19-16(12)24-13(9)15(22)21-20-7-10-3-5-11(23-2)6-4-10/h3-8H,1-2H3,(H,21,22)(H2,17,18,19). The number of nitrogens with zero attached hydrogens (tertiary/aromatic N) is 3. The fraction of sp³-hybridized carbons (Fsp3) is 0.125. The molecule has 2 heterocycles. The van der Waals surface area contributed by atoms with Gasteiger partial charge in [0.1, 0.15) is 22.7 Å². The molecule has 0 aliphatic heterocycles. The molecule has 122 valence electrons. The van der Waals surface area contributed by atoms with Gasteiger partial charge in [0.25, 0.3) is 5.91 Å². The Hall–Kier alpha value is -3.00. The molecular weight excluding hydrogens is 326 g/mol. The number of nitrogens with two attached hydrogens (primary N) is 1. The van der Waals surface area contributed by atoms with Crippen molar-refractivity contribution in [3.63, 3.8) is 0 Å². The smallest absolute Gasteiger partial charge is 0.281 e.